The maximum absolute atomic E-state index is 12.1. The minimum atomic E-state index is -0.0744. The van der Waals surface area contributed by atoms with Gasteiger partial charge in [-0.1, -0.05) is 18.5 Å². The van der Waals surface area contributed by atoms with Crippen molar-refractivity contribution in [2.45, 2.75) is 26.2 Å². The monoisotopic (exact) mass is 280 g/mol. The normalized spacial score (nSPS) is 21.7. The predicted octanol–water partition coefficient (Wildman–Crippen LogP) is 3.83. The number of rotatable bonds is 2. The van der Waals surface area contributed by atoms with E-state index in [0.717, 1.165) is 30.4 Å². The first kappa shape index (κ1) is 13.9. The van der Waals surface area contributed by atoms with E-state index in [0.29, 0.717) is 5.75 Å². The van der Waals surface area contributed by atoms with Crippen LogP contribution < -0.4 is 4.74 Å². The van der Waals surface area contributed by atoms with Crippen molar-refractivity contribution in [1.82, 2.24) is 0 Å². The molecule has 1 saturated carbocycles. The molecule has 0 unspecified atom stereocenters. The zero-order valence-corrected chi connectivity index (χ0v) is 11.8. The molecule has 1 aromatic carbocycles. The first-order valence-corrected chi connectivity index (χ1v) is 6.72. The largest absolute Gasteiger partial charge is 0.503 e. The summed E-state index contributed by atoms with van der Waals surface area (Å²) in [4.78, 5) is 12.1. The average Bonchev–Trinajstić information content (AvgIpc) is 2.39. The van der Waals surface area contributed by atoms with E-state index in [2.05, 4.69) is 0 Å². The van der Waals surface area contributed by atoms with Gasteiger partial charge in [-0.3, -0.25) is 4.79 Å². The number of methoxy groups -OCH3 is 1. The van der Waals surface area contributed by atoms with Gasteiger partial charge in [-0.15, -0.1) is 0 Å². The molecule has 1 fully saturated rings. The molecule has 0 bridgehead atoms. The number of carbonyl (C=O) groups excluding carboxylic acids is 1. The Bertz CT molecular complexity index is 534. The highest BCUT2D eigenvalue weighted by atomic mass is 35.5. The first-order chi connectivity index (χ1) is 9.02. The van der Waals surface area contributed by atoms with Crippen molar-refractivity contribution in [2.24, 2.45) is 5.92 Å². The summed E-state index contributed by atoms with van der Waals surface area (Å²) in [5.41, 5.74) is 1.60. The molecule has 1 aliphatic carbocycles. The van der Waals surface area contributed by atoms with Gasteiger partial charge >= 0.3 is 0 Å². The molecule has 0 aliphatic heterocycles. The van der Waals surface area contributed by atoms with Crippen molar-refractivity contribution in [3.05, 3.63) is 28.3 Å². The Morgan fingerprint density at radius 2 is 2.21 bits per heavy atom. The summed E-state index contributed by atoms with van der Waals surface area (Å²) in [5.74, 6) is 0.536. The molecule has 3 nitrogen and oxygen atoms in total. The zero-order chi connectivity index (χ0) is 14.0. The van der Waals surface area contributed by atoms with Crippen LogP contribution in [0.2, 0.25) is 5.02 Å². The molecule has 0 radical (unpaired) electrons. The molecular weight excluding hydrogens is 264 g/mol. The van der Waals surface area contributed by atoms with Crippen molar-refractivity contribution in [2.75, 3.05) is 7.11 Å². The molecule has 1 atom stereocenters. The van der Waals surface area contributed by atoms with Gasteiger partial charge in [0.15, 0.2) is 17.3 Å². The summed E-state index contributed by atoms with van der Waals surface area (Å²) in [6.45, 7) is 1.96. The number of halogens is 1. The van der Waals surface area contributed by atoms with E-state index in [1.807, 2.05) is 13.0 Å². The van der Waals surface area contributed by atoms with Crippen LogP contribution in [0, 0.1) is 5.92 Å². The minimum absolute atomic E-state index is 0.0744. The van der Waals surface area contributed by atoms with Crippen molar-refractivity contribution in [3.8, 4) is 11.5 Å². The van der Waals surface area contributed by atoms with E-state index in [1.54, 1.807) is 12.1 Å². The fourth-order valence-corrected chi connectivity index (χ4v) is 2.57. The maximum Gasteiger partial charge on any atom is 0.176 e. The van der Waals surface area contributed by atoms with Crippen molar-refractivity contribution >= 4 is 23.5 Å². The van der Waals surface area contributed by atoms with Crippen LogP contribution in [0.4, 0.5) is 0 Å². The highest BCUT2D eigenvalue weighted by Crippen LogP contribution is 2.36. The number of benzene rings is 1. The van der Waals surface area contributed by atoms with Crippen LogP contribution >= 0.6 is 11.6 Å². The molecule has 1 aromatic rings. The first-order valence-electron chi connectivity index (χ1n) is 6.34. The molecule has 1 aliphatic rings. The summed E-state index contributed by atoms with van der Waals surface area (Å²) in [6, 6.07) is 3.32. The Kier molecular flexibility index (Phi) is 4.15. The Labute approximate surface area is 117 Å². The Hall–Kier alpha value is -1.48. The second-order valence-corrected chi connectivity index (χ2v) is 5.29. The Morgan fingerprint density at radius 3 is 2.89 bits per heavy atom. The minimum Gasteiger partial charge on any atom is -0.503 e. The molecule has 102 valence electrons. The van der Waals surface area contributed by atoms with Crippen LogP contribution in [0.5, 0.6) is 11.5 Å². The summed E-state index contributed by atoms with van der Waals surface area (Å²) in [6.07, 6.45) is 4.62. The molecule has 2 rings (SSSR count). The molecule has 19 heavy (non-hydrogen) atoms. The van der Waals surface area contributed by atoms with Crippen molar-refractivity contribution in [1.29, 1.82) is 0 Å². The fraction of sp³-hybridized carbons (Fsp3) is 0.400. The number of ether oxygens (including phenoxy) is 1. The van der Waals surface area contributed by atoms with E-state index >= 15 is 0 Å². The number of phenols is 1. The average molecular weight is 281 g/mol. The van der Waals surface area contributed by atoms with Gasteiger partial charge in [0.05, 0.1) is 12.1 Å². The second kappa shape index (κ2) is 5.66. The van der Waals surface area contributed by atoms with E-state index < -0.39 is 0 Å². The number of allylic oxidation sites excluding steroid dienone is 1. The molecule has 4 heteroatoms. The van der Waals surface area contributed by atoms with Gasteiger partial charge in [0, 0.05) is 5.92 Å². The predicted molar refractivity (Wildman–Crippen MR) is 75.7 cm³/mol. The molecule has 1 N–H and O–H groups in total. The van der Waals surface area contributed by atoms with Crippen LogP contribution in [-0.2, 0) is 4.79 Å². The number of aromatic hydroxyl groups is 1. The molecule has 0 heterocycles. The van der Waals surface area contributed by atoms with Crippen LogP contribution in [0.3, 0.4) is 0 Å². The van der Waals surface area contributed by atoms with E-state index in [9.17, 15) is 9.90 Å². The van der Waals surface area contributed by atoms with E-state index in [4.69, 9.17) is 16.3 Å². The number of carbonyl (C=O) groups is 1. The third-order valence-electron chi connectivity index (χ3n) is 3.46. The van der Waals surface area contributed by atoms with E-state index in [-0.39, 0.29) is 22.5 Å². The number of ketones is 1. The molecule has 0 aromatic heterocycles. The number of hydrogen-bond donors (Lipinski definition) is 1. The number of Topliss-reactive ketones (excluding diaryl/α,β-unsaturated/α-hetero) is 1. The van der Waals surface area contributed by atoms with Gasteiger partial charge < -0.3 is 9.84 Å². The second-order valence-electron chi connectivity index (χ2n) is 4.88. The van der Waals surface area contributed by atoms with Crippen LogP contribution in [0.15, 0.2) is 17.7 Å². The standard InChI is InChI=1S/C15H17ClO3/c1-9-4-3-5-11(14(9)17)6-10-7-12(16)15(18)13(8-10)19-2/h6-9,18H,3-5H2,1-2H3/b11-6+/t9-/m1/s1. The summed E-state index contributed by atoms with van der Waals surface area (Å²) in [7, 11) is 1.47. The third kappa shape index (κ3) is 2.92. The topological polar surface area (TPSA) is 46.5 Å². The maximum atomic E-state index is 12.1. The van der Waals surface area contributed by atoms with Crippen molar-refractivity contribution in [3.63, 3.8) is 0 Å². The lowest BCUT2D eigenvalue weighted by Gasteiger charge is -2.19. The highest BCUT2D eigenvalue weighted by Gasteiger charge is 2.22. The molecule has 0 saturated heterocycles. The van der Waals surface area contributed by atoms with Crippen LogP contribution in [-0.4, -0.2) is 18.0 Å². The van der Waals surface area contributed by atoms with Crippen LogP contribution in [0.25, 0.3) is 6.08 Å². The number of phenolic OH excluding ortho intramolecular Hbond substituents is 1. The molecule has 0 amide bonds. The van der Waals surface area contributed by atoms with Gasteiger partial charge in [-0.25, -0.2) is 0 Å². The van der Waals surface area contributed by atoms with Gasteiger partial charge in [-0.2, -0.15) is 0 Å². The smallest absolute Gasteiger partial charge is 0.176 e. The molecule has 0 spiro atoms. The zero-order valence-electron chi connectivity index (χ0n) is 11.1. The Balaban J connectivity index is 2.37. The molecular formula is C15H17ClO3. The summed E-state index contributed by atoms with van der Waals surface area (Å²) < 4.78 is 5.05. The van der Waals surface area contributed by atoms with Crippen molar-refractivity contribution < 1.29 is 14.6 Å². The lowest BCUT2D eigenvalue weighted by atomic mass is 9.84. The van der Waals surface area contributed by atoms with E-state index in [1.165, 1.54) is 7.11 Å². The summed E-state index contributed by atoms with van der Waals surface area (Å²) >= 11 is 5.94. The highest BCUT2D eigenvalue weighted by molar-refractivity contribution is 6.32. The SMILES string of the molecule is COc1cc(/C=C2\CCC[C@@H](C)C2=O)cc(Cl)c1O. The summed E-state index contributed by atoms with van der Waals surface area (Å²) in [5, 5.41) is 9.90. The third-order valence-corrected chi connectivity index (χ3v) is 3.75. The fourth-order valence-electron chi connectivity index (χ4n) is 2.35. The van der Waals surface area contributed by atoms with Gasteiger partial charge in [0.25, 0.3) is 0 Å². The number of hydrogen-bond acceptors (Lipinski definition) is 3. The van der Waals surface area contributed by atoms with Gasteiger partial charge in [0.2, 0.25) is 0 Å². The van der Waals surface area contributed by atoms with Crippen LogP contribution in [0.1, 0.15) is 31.7 Å². The lowest BCUT2D eigenvalue weighted by molar-refractivity contribution is -0.119. The van der Waals surface area contributed by atoms with Gasteiger partial charge in [0.1, 0.15) is 0 Å². The van der Waals surface area contributed by atoms with Gasteiger partial charge in [-0.05, 0) is 48.6 Å². The quantitative estimate of drug-likeness (QED) is 0.838. The Morgan fingerprint density at radius 1 is 1.47 bits per heavy atom. The lowest BCUT2D eigenvalue weighted by Crippen LogP contribution is -2.18.